The predicted molar refractivity (Wildman–Crippen MR) is 115 cm³/mol. The van der Waals surface area contributed by atoms with Crippen LogP contribution in [0.2, 0.25) is 0 Å². The molecule has 156 valence electrons. The van der Waals surface area contributed by atoms with Crippen molar-refractivity contribution in [2.24, 2.45) is 0 Å². The molecule has 3 nitrogen and oxygen atoms in total. The van der Waals surface area contributed by atoms with Gasteiger partial charge in [-0.2, -0.15) is 0 Å². The first kappa shape index (κ1) is 24.3. The van der Waals surface area contributed by atoms with Crippen LogP contribution in [0.15, 0.2) is 48.5 Å². The number of aliphatic hydroxyl groups excluding tert-OH is 1. The van der Waals surface area contributed by atoms with Crippen LogP contribution in [0.3, 0.4) is 0 Å². The van der Waals surface area contributed by atoms with Gasteiger partial charge in [-0.25, -0.2) is 4.39 Å². The Kier molecular flexibility index (Phi) is 10.9. The maximum Gasteiger partial charge on any atom is 0.157 e. The zero-order valence-electron chi connectivity index (χ0n) is 17.3. The molecule has 0 aromatic heterocycles. The number of hydrogen-bond acceptors (Lipinski definition) is 3. The first-order valence-electron chi connectivity index (χ1n) is 9.75. The van der Waals surface area contributed by atoms with Crippen LogP contribution < -0.4 is 9.47 Å². The van der Waals surface area contributed by atoms with Crippen LogP contribution in [-0.4, -0.2) is 37.0 Å². The monoisotopic (exact) mass is 410 g/mol. The Bertz CT molecular complexity index is 657. The van der Waals surface area contributed by atoms with Crippen molar-refractivity contribution in [2.75, 3.05) is 25.7 Å². The summed E-state index contributed by atoms with van der Waals surface area (Å²) in [5.74, 6) is 2.02. The molecule has 0 saturated heterocycles. The third kappa shape index (κ3) is 7.33. The van der Waals surface area contributed by atoms with Crippen LogP contribution in [0.1, 0.15) is 45.2 Å². The molecule has 0 heterocycles. The lowest BCUT2D eigenvalue weighted by Crippen LogP contribution is -2.19. The molecule has 0 saturated carbocycles. The predicted octanol–water partition coefficient (Wildman–Crippen LogP) is 5.76. The van der Waals surface area contributed by atoms with E-state index < -0.39 is 12.8 Å². The molecule has 2 aromatic carbocycles. The number of halogens is 2. The summed E-state index contributed by atoms with van der Waals surface area (Å²) >= 11 is 5.66. The van der Waals surface area contributed by atoms with E-state index in [4.69, 9.17) is 26.2 Å². The molecule has 0 radical (unpaired) electrons. The summed E-state index contributed by atoms with van der Waals surface area (Å²) in [6, 6.07) is 15.7. The Morgan fingerprint density at radius 3 is 1.82 bits per heavy atom. The summed E-state index contributed by atoms with van der Waals surface area (Å²) in [5.41, 5.74) is 2.10. The number of aliphatic hydroxyl groups is 1. The normalized spacial score (nSPS) is 12.0. The summed E-state index contributed by atoms with van der Waals surface area (Å²) in [7, 11) is 0. The van der Waals surface area contributed by atoms with Crippen LogP contribution in [0.25, 0.3) is 0 Å². The molecule has 0 fully saturated rings. The molecule has 5 heteroatoms. The molecule has 28 heavy (non-hydrogen) atoms. The molecular formula is C23H32ClFO3. The van der Waals surface area contributed by atoms with Gasteiger partial charge in [0.05, 0.1) is 13.2 Å². The fourth-order valence-electron chi connectivity index (χ4n) is 2.59. The lowest BCUT2D eigenvalue weighted by Gasteiger charge is -2.26. The van der Waals surface area contributed by atoms with Gasteiger partial charge in [0.2, 0.25) is 0 Å². The van der Waals surface area contributed by atoms with Crippen LogP contribution in [0.5, 0.6) is 11.5 Å². The molecule has 2 aromatic rings. The van der Waals surface area contributed by atoms with Crippen molar-refractivity contribution in [3.8, 4) is 11.5 Å². The second-order valence-corrected chi connectivity index (χ2v) is 7.03. The fraction of sp³-hybridized carbons (Fsp3) is 0.478. The molecule has 0 aliphatic heterocycles. The zero-order chi connectivity index (χ0) is 21.0. The third-order valence-corrected chi connectivity index (χ3v) is 4.59. The van der Waals surface area contributed by atoms with E-state index in [1.165, 1.54) is 5.56 Å². The van der Waals surface area contributed by atoms with Gasteiger partial charge in [-0.05, 0) is 41.8 Å². The first-order chi connectivity index (χ1) is 13.5. The second kappa shape index (κ2) is 12.6. The van der Waals surface area contributed by atoms with Crippen LogP contribution in [0, 0.1) is 0 Å². The van der Waals surface area contributed by atoms with E-state index in [2.05, 4.69) is 26.0 Å². The van der Waals surface area contributed by atoms with Crippen molar-refractivity contribution in [1.29, 1.82) is 0 Å². The van der Waals surface area contributed by atoms with Gasteiger partial charge < -0.3 is 14.6 Å². The van der Waals surface area contributed by atoms with Crippen LogP contribution >= 0.6 is 11.6 Å². The SMILES string of the molecule is CC.CC(C)(c1ccc(OCCCCl)cc1)c1ccc(OCC(F)CO)cc1. The molecule has 2 rings (SSSR count). The fourth-order valence-corrected chi connectivity index (χ4v) is 2.70. The maximum absolute atomic E-state index is 13.0. The van der Waals surface area contributed by atoms with Gasteiger partial charge >= 0.3 is 0 Å². The van der Waals surface area contributed by atoms with Crippen LogP contribution in [0.4, 0.5) is 4.39 Å². The Labute approximate surface area is 173 Å². The molecule has 0 aliphatic rings. The molecule has 1 unspecified atom stereocenters. The summed E-state index contributed by atoms with van der Waals surface area (Å²) in [5, 5.41) is 8.70. The average molecular weight is 411 g/mol. The van der Waals surface area contributed by atoms with Gasteiger partial charge in [-0.1, -0.05) is 52.0 Å². The minimum Gasteiger partial charge on any atom is -0.494 e. The highest BCUT2D eigenvalue weighted by Crippen LogP contribution is 2.33. The Morgan fingerprint density at radius 2 is 1.39 bits per heavy atom. The Morgan fingerprint density at radius 1 is 0.929 bits per heavy atom. The topological polar surface area (TPSA) is 38.7 Å². The minimum absolute atomic E-state index is 0.148. The molecule has 0 bridgehead atoms. The third-order valence-electron chi connectivity index (χ3n) is 4.33. The number of ether oxygens (including phenoxy) is 2. The van der Waals surface area contributed by atoms with E-state index >= 15 is 0 Å². The highest BCUT2D eigenvalue weighted by atomic mass is 35.5. The lowest BCUT2D eigenvalue weighted by molar-refractivity contribution is 0.123. The van der Waals surface area contributed by atoms with Crippen molar-refractivity contribution in [2.45, 2.75) is 45.7 Å². The smallest absolute Gasteiger partial charge is 0.157 e. The number of alkyl halides is 2. The number of rotatable bonds is 10. The minimum atomic E-state index is -1.36. The van der Waals surface area contributed by atoms with Crippen molar-refractivity contribution in [3.05, 3.63) is 59.7 Å². The van der Waals surface area contributed by atoms with Gasteiger partial charge in [0.25, 0.3) is 0 Å². The maximum atomic E-state index is 13.0. The van der Waals surface area contributed by atoms with Crippen molar-refractivity contribution in [3.63, 3.8) is 0 Å². The van der Waals surface area contributed by atoms with Crippen molar-refractivity contribution < 1.29 is 19.0 Å². The molecule has 0 aliphatic carbocycles. The quantitative estimate of drug-likeness (QED) is 0.400. The van der Waals surface area contributed by atoms with E-state index in [1.54, 1.807) is 0 Å². The molecule has 1 atom stereocenters. The highest BCUT2D eigenvalue weighted by molar-refractivity contribution is 6.17. The van der Waals surface area contributed by atoms with Crippen LogP contribution in [-0.2, 0) is 5.41 Å². The van der Waals surface area contributed by atoms with E-state index in [0.29, 0.717) is 18.2 Å². The van der Waals surface area contributed by atoms with E-state index in [9.17, 15) is 4.39 Å². The van der Waals surface area contributed by atoms with Gasteiger partial charge in [0.1, 0.15) is 18.1 Å². The highest BCUT2D eigenvalue weighted by Gasteiger charge is 2.23. The zero-order valence-corrected chi connectivity index (χ0v) is 18.0. The summed E-state index contributed by atoms with van der Waals surface area (Å²) in [4.78, 5) is 0. The lowest BCUT2D eigenvalue weighted by atomic mass is 9.78. The first-order valence-corrected chi connectivity index (χ1v) is 10.3. The van der Waals surface area contributed by atoms with Crippen molar-refractivity contribution in [1.82, 2.24) is 0 Å². The largest absolute Gasteiger partial charge is 0.494 e. The van der Waals surface area contributed by atoms with E-state index in [1.807, 2.05) is 50.2 Å². The Balaban J connectivity index is 0.00000190. The molecule has 1 N–H and O–H groups in total. The van der Waals surface area contributed by atoms with Gasteiger partial charge in [0, 0.05) is 11.3 Å². The molecule has 0 amide bonds. The average Bonchev–Trinajstić information content (AvgIpc) is 2.74. The number of benzene rings is 2. The van der Waals surface area contributed by atoms with Gasteiger partial charge in [-0.15, -0.1) is 11.6 Å². The summed E-state index contributed by atoms with van der Waals surface area (Å²) in [6.07, 6.45) is -0.540. The van der Waals surface area contributed by atoms with E-state index in [0.717, 1.165) is 17.7 Å². The molecular weight excluding hydrogens is 379 g/mol. The Hall–Kier alpha value is -1.78. The summed E-state index contributed by atoms with van der Waals surface area (Å²) in [6.45, 7) is 8.23. The summed E-state index contributed by atoms with van der Waals surface area (Å²) < 4.78 is 24.0. The van der Waals surface area contributed by atoms with Crippen molar-refractivity contribution >= 4 is 11.6 Å². The second-order valence-electron chi connectivity index (χ2n) is 6.66. The standard InChI is InChI=1S/C21H26ClFO3.C2H6/c1-21(2,16-4-8-19(9-5-16)25-13-3-12-22)17-6-10-20(11-7-17)26-15-18(23)14-24;1-2/h4-11,18,24H,3,12-15H2,1-2H3;1-2H3. The van der Waals surface area contributed by atoms with Gasteiger partial charge in [-0.3, -0.25) is 0 Å². The number of hydrogen-bond donors (Lipinski definition) is 1. The van der Waals surface area contributed by atoms with Gasteiger partial charge in [0.15, 0.2) is 6.17 Å². The molecule has 0 spiro atoms. The van der Waals surface area contributed by atoms with E-state index in [-0.39, 0.29) is 12.0 Å².